The average Bonchev–Trinajstić information content (AvgIpc) is 2.93. The normalized spacial score (nSPS) is 11.2. The van der Waals surface area contributed by atoms with Crippen molar-refractivity contribution in [3.05, 3.63) is 45.8 Å². The van der Waals surface area contributed by atoms with Gasteiger partial charge in [-0.2, -0.15) is 0 Å². The Kier molecular flexibility index (Phi) is 4.59. The minimum atomic E-state index is -0.287. The molecule has 0 saturated carbocycles. The van der Waals surface area contributed by atoms with Crippen molar-refractivity contribution < 1.29 is 4.39 Å². The molecule has 2 heterocycles. The topological polar surface area (TPSA) is 45.8 Å². The van der Waals surface area contributed by atoms with Crippen LogP contribution in [0.5, 0.6) is 0 Å². The summed E-state index contributed by atoms with van der Waals surface area (Å²) in [4.78, 5) is 20.5. The molecule has 2 aromatic heterocycles. The number of nitrogens with one attached hydrogen (secondary N) is 1. The van der Waals surface area contributed by atoms with E-state index in [2.05, 4.69) is 16.9 Å². The number of unbranched alkanes of at least 4 members (excludes halogenated alkanes) is 1. The minimum absolute atomic E-state index is 0.135. The fraction of sp³-hybridized carbons (Fsp3) is 0.250. The van der Waals surface area contributed by atoms with Gasteiger partial charge in [0.25, 0.3) is 5.56 Å². The van der Waals surface area contributed by atoms with Crippen LogP contribution in [-0.4, -0.2) is 15.7 Å². The van der Waals surface area contributed by atoms with E-state index in [0.717, 1.165) is 34.6 Å². The van der Waals surface area contributed by atoms with E-state index in [9.17, 15) is 9.18 Å². The third kappa shape index (κ3) is 3.08. The van der Waals surface area contributed by atoms with Gasteiger partial charge in [-0.25, -0.2) is 9.37 Å². The van der Waals surface area contributed by atoms with Gasteiger partial charge in [0.2, 0.25) is 0 Å². The number of benzene rings is 1. The lowest BCUT2D eigenvalue weighted by atomic mass is 10.1. The molecule has 0 radical (unpaired) electrons. The number of H-pyrrole nitrogens is 1. The van der Waals surface area contributed by atoms with E-state index >= 15 is 0 Å². The van der Waals surface area contributed by atoms with Crippen molar-refractivity contribution in [2.75, 3.05) is 5.75 Å². The number of hydrogen-bond acceptors (Lipinski definition) is 4. The molecule has 0 spiro atoms. The number of nitrogens with zero attached hydrogens (tertiary/aromatic N) is 1. The Hall–Kier alpha value is -1.66. The smallest absolute Gasteiger partial charge is 0.260 e. The van der Waals surface area contributed by atoms with Crippen molar-refractivity contribution in [2.45, 2.75) is 24.9 Å². The molecule has 0 aliphatic rings. The molecule has 0 unspecified atom stereocenters. The van der Waals surface area contributed by atoms with Crippen LogP contribution in [0.4, 0.5) is 4.39 Å². The Morgan fingerprint density at radius 3 is 2.82 bits per heavy atom. The molecule has 0 bridgehead atoms. The quantitative estimate of drug-likeness (QED) is 0.418. The van der Waals surface area contributed by atoms with Gasteiger partial charge < -0.3 is 4.98 Å². The van der Waals surface area contributed by atoms with Crippen LogP contribution in [0.3, 0.4) is 0 Å². The molecule has 114 valence electrons. The number of aromatic amines is 1. The molecule has 0 saturated heterocycles. The Labute approximate surface area is 135 Å². The van der Waals surface area contributed by atoms with Crippen molar-refractivity contribution in [1.82, 2.24) is 9.97 Å². The highest BCUT2D eigenvalue weighted by atomic mass is 32.2. The fourth-order valence-electron chi connectivity index (χ4n) is 2.15. The van der Waals surface area contributed by atoms with Gasteiger partial charge in [-0.15, -0.1) is 11.3 Å². The van der Waals surface area contributed by atoms with Gasteiger partial charge >= 0.3 is 0 Å². The molecule has 0 fully saturated rings. The molecule has 0 aliphatic heterocycles. The van der Waals surface area contributed by atoms with Crippen molar-refractivity contribution in [3.63, 3.8) is 0 Å². The highest BCUT2D eigenvalue weighted by molar-refractivity contribution is 7.99. The molecule has 3 aromatic rings. The van der Waals surface area contributed by atoms with Crippen LogP contribution in [0.1, 0.15) is 19.8 Å². The van der Waals surface area contributed by atoms with Crippen LogP contribution >= 0.6 is 23.1 Å². The summed E-state index contributed by atoms with van der Waals surface area (Å²) in [6, 6.07) is 6.16. The van der Waals surface area contributed by atoms with E-state index in [-0.39, 0.29) is 11.4 Å². The zero-order chi connectivity index (χ0) is 15.5. The van der Waals surface area contributed by atoms with Crippen LogP contribution in [0.25, 0.3) is 21.3 Å². The number of thioether (sulfide) groups is 1. The van der Waals surface area contributed by atoms with E-state index in [1.165, 1.54) is 23.5 Å². The lowest BCUT2D eigenvalue weighted by Gasteiger charge is -2.02. The molecule has 1 aromatic carbocycles. The highest BCUT2D eigenvalue weighted by Gasteiger charge is 2.13. The Bertz CT molecular complexity index is 839. The number of hydrogen-bond donors (Lipinski definition) is 1. The molecule has 0 aliphatic carbocycles. The first-order valence-electron chi connectivity index (χ1n) is 7.09. The first kappa shape index (κ1) is 15.2. The first-order valence-corrected chi connectivity index (χ1v) is 8.96. The second kappa shape index (κ2) is 6.62. The molecule has 0 atom stereocenters. The van der Waals surface area contributed by atoms with Crippen molar-refractivity contribution in [1.29, 1.82) is 0 Å². The van der Waals surface area contributed by atoms with Crippen molar-refractivity contribution in [3.8, 4) is 11.1 Å². The summed E-state index contributed by atoms with van der Waals surface area (Å²) in [7, 11) is 0. The van der Waals surface area contributed by atoms with E-state index in [4.69, 9.17) is 0 Å². The summed E-state index contributed by atoms with van der Waals surface area (Å²) < 4.78 is 13.0. The first-order chi connectivity index (χ1) is 10.7. The van der Waals surface area contributed by atoms with Gasteiger partial charge in [-0.05, 0) is 24.1 Å². The molecule has 3 nitrogen and oxygen atoms in total. The Balaban J connectivity index is 2.01. The average molecular weight is 334 g/mol. The zero-order valence-electron chi connectivity index (χ0n) is 12.1. The summed E-state index contributed by atoms with van der Waals surface area (Å²) in [5.74, 6) is 0.658. The lowest BCUT2D eigenvalue weighted by Crippen LogP contribution is -2.08. The Morgan fingerprint density at radius 2 is 2.09 bits per heavy atom. The van der Waals surface area contributed by atoms with Gasteiger partial charge in [0.05, 0.1) is 5.39 Å². The predicted octanol–water partition coefficient (Wildman–Crippen LogP) is 4.68. The highest BCUT2D eigenvalue weighted by Crippen LogP contribution is 2.31. The number of thiophene rings is 1. The maximum atomic E-state index is 13.0. The van der Waals surface area contributed by atoms with E-state index in [0.29, 0.717) is 10.5 Å². The number of rotatable bonds is 5. The largest absolute Gasteiger partial charge is 0.301 e. The zero-order valence-corrected chi connectivity index (χ0v) is 13.7. The maximum absolute atomic E-state index is 13.0. The fourth-order valence-corrected chi connectivity index (χ4v) is 4.11. The maximum Gasteiger partial charge on any atom is 0.260 e. The summed E-state index contributed by atoms with van der Waals surface area (Å²) in [6.45, 7) is 2.13. The summed E-state index contributed by atoms with van der Waals surface area (Å²) in [5.41, 5.74) is 1.50. The third-order valence-corrected chi connectivity index (χ3v) is 5.15. The van der Waals surface area contributed by atoms with Crippen molar-refractivity contribution in [2.24, 2.45) is 0 Å². The SMILES string of the molecule is CCCCSc1nc2scc(-c3ccc(F)cc3)c2c(=O)[nH]1. The van der Waals surface area contributed by atoms with Crippen molar-refractivity contribution >= 4 is 33.3 Å². The summed E-state index contributed by atoms with van der Waals surface area (Å²) in [6.07, 6.45) is 2.21. The van der Waals surface area contributed by atoms with Gasteiger partial charge in [0, 0.05) is 16.7 Å². The van der Waals surface area contributed by atoms with Gasteiger partial charge in [0.1, 0.15) is 10.6 Å². The second-order valence-corrected chi connectivity index (χ2v) is 6.85. The number of aromatic nitrogens is 2. The van der Waals surface area contributed by atoms with Crippen LogP contribution < -0.4 is 5.56 Å². The summed E-state index contributed by atoms with van der Waals surface area (Å²) >= 11 is 3.01. The van der Waals surface area contributed by atoms with Gasteiger partial charge in [-0.3, -0.25) is 4.79 Å². The monoisotopic (exact) mass is 334 g/mol. The number of fused-ring (bicyclic) bond motifs is 1. The standard InChI is InChI=1S/C16H15FN2OS2/c1-2-3-8-21-16-18-14(20)13-12(9-22-15(13)19-16)10-4-6-11(17)7-5-10/h4-7,9H,2-3,8H2,1H3,(H,18,19,20). The van der Waals surface area contributed by atoms with E-state index in [1.54, 1.807) is 23.9 Å². The summed E-state index contributed by atoms with van der Waals surface area (Å²) in [5, 5.41) is 3.15. The minimum Gasteiger partial charge on any atom is -0.301 e. The van der Waals surface area contributed by atoms with E-state index < -0.39 is 0 Å². The third-order valence-electron chi connectivity index (χ3n) is 3.31. The second-order valence-electron chi connectivity index (χ2n) is 4.91. The predicted molar refractivity (Wildman–Crippen MR) is 91.3 cm³/mol. The van der Waals surface area contributed by atoms with Crippen LogP contribution in [0.2, 0.25) is 0 Å². The molecular weight excluding hydrogens is 319 g/mol. The molecule has 3 rings (SSSR count). The van der Waals surface area contributed by atoms with E-state index in [1.807, 2.05) is 5.38 Å². The Morgan fingerprint density at radius 1 is 1.32 bits per heavy atom. The van der Waals surface area contributed by atoms with Crippen LogP contribution in [0.15, 0.2) is 39.6 Å². The molecule has 1 N–H and O–H groups in total. The molecular formula is C16H15FN2OS2. The van der Waals surface area contributed by atoms with Gasteiger partial charge in [-0.1, -0.05) is 37.2 Å². The lowest BCUT2D eigenvalue weighted by molar-refractivity contribution is 0.628. The number of halogens is 1. The molecule has 6 heteroatoms. The molecule has 22 heavy (non-hydrogen) atoms. The molecule has 0 amide bonds. The van der Waals surface area contributed by atoms with Gasteiger partial charge in [0.15, 0.2) is 5.16 Å². The van der Waals surface area contributed by atoms with Crippen LogP contribution in [0, 0.1) is 5.82 Å². The van der Waals surface area contributed by atoms with Crippen LogP contribution in [-0.2, 0) is 0 Å².